The van der Waals surface area contributed by atoms with Gasteiger partial charge in [-0.15, -0.1) is 0 Å². The molecular weight excluding hydrogens is 216 g/mol. The van der Waals surface area contributed by atoms with Gasteiger partial charge in [-0.25, -0.2) is 4.79 Å². The van der Waals surface area contributed by atoms with Gasteiger partial charge in [-0.1, -0.05) is 18.7 Å². The number of rotatable bonds is 2. The van der Waals surface area contributed by atoms with E-state index in [0.717, 1.165) is 0 Å². The van der Waals surface area contributed by atoms with Crippen molar-refractivity contribution in [2.75, 3.05) is 11.1 Å². The number of carbonyl (C=O) groups excluding carboxylic acids is 1. The molecule has 1 aromatic rings. The van der Waals surface area contributed by atoms with Crippen LogP contribution in [0, 0.1) is 0 Å². The van der Waals surface area contributed by atoms with Gasteiger partial charge in [0.2, 0.25) is 0 Å². The number of benzene rings is 1. The molecule has 0 aliphatic rings. The van der Waals surface area contributed by atoms with Crippen LogP contribution in [0.5, 0.6) is 0 Å². The highest BCUT2D eigenvalue weighted by Gasteiger charge is 2.17. The quantitative estimate of drug-likeness (QED) is 0.772. The number of ether oxygens (including phenoxy) is 1. The maximum atomic E-state index is 11.6. The van der Waals surface area contributed by atoms with Crippen LogP contribution in [0.1, 0.15) is 26.3 Å². The van der Waals surface area contributed by atoms with Crippen molar-refractivity contribution in [1.29, 1.82) is 0 Å². The minimum Gasteiger partial charge on any atom is -0.444 e. The average Bonchev–Trinajstić information content (AvgIpc) is 2.14. The van der Waals surface area contributed by atoms with Gasteiger partial charge in [-0.05, 0) is 32.9 Å². The SMILES string of the molecule is C=Cc1c(N)cccc1NC(=O)OC(C)(C)C. The Morgan fingerprint density at radius 3 is 2.65 bits per heavy atom. The average molecular weight is 234 g/mol. The third kappa shape index (κ3) is 3.83. The standard InChI is InChI=1S/C13H18N2O2/c1-5-9-10(14)7-6-8-11(9)15-12(16)17-13(2,3)4/h5-8H,1,14H2,2-4H3,(H,15,16). The van der Waals surface area contributed by atoms with E-state index in [9.17, 15) is 4.79 Å². The summed E-state index contributed by atoms with van der Waals surface area (Å²) in [5, 5.41) is 2.65. The molecular formula is C13H18N2O2. The highest BCUT2D eigenvalue weighted by molar-refractivity contribution is 5.90. The van der Waals surface area contributed by atoms with Crippen molar-refractivity contribution in [2.24, 2.45) is 0 Å². The monoisotopic (exact) mass is 234 g/mol. The highest BCUT2D eigenvalue weighted by Crippen LogP contribution is 2.23. The Morgan fingerprint density at radius 1 is 1.47 bits per heavy atom. The molecule has 1 rings (SSSR count). The molecule has 4 nitrogen and oxygen atoms in total. The normalized spacial score (nSPS) is 10.8. The summed E-state index contributed by atoms with van der Waals surface area (Å²) in [6.07, 6.45) is 1.09. The molecule has 0 unspecified atom stereocenters. The molecule has 17 heavy (non-hydrogen) atoms. The Morgan fingerprint density at radius 2 is 2.12 bits per heavy atom. The van der Waals surface area contributed by atoms with Gasteiger partial charge >= 0.3 is 6.09 Å². The Labute approximate surface area is 101 Å². The molecule has 1 aromatic carbocycles. The summed E-state index contributed by atoms with van der Waals surface area (Å²) in [7, 11) is 0. The lowest BCUT2D eigenvalue weighted by molar-refractivity contribution is 0.0636. The van der Waals surface area contributed by atoms with Gasteiger partial charge in [0.15, 0.2) is 0 Å². The molecule has 0 aliphatic heterocycles. The molecule has 3 N–H and O–H groups in total. The van der Waals surface area contributed by atoms with Crippen molar-refractivity contribution < 1.29 is 9.53 Å². The maximum Gasteiger partial charge on any atom is 0.412 e. The first-order valence-corrected chi connectivity index (χ1v) is 5.34. The Kier molecular flexibility index (Phi) is 3.78. The fraction of sp³-hybridized carbons (Fsp3) is 0.308. The first kappa shape index (κ1) is 13.1. The molecule has 92 valence electrons. The number of nitrogens with one attached hydrogen (secondary N) is 1. The fourth-order valence-electron chi connectivity index (χ4n) is 1.33. The van der Waals surface area contributed by atoms with Crippen molar-refractivity contribution in [3.8, 4) is 0 Å². The predicted molar refractivity (Wildman–Crippen MR) is 70.8 cm³/mol. The van der Waals surface area contributed by atoms with E-state index < -0.39 is 11.7 Å². The van der Waals surface area contributed by atoms with Crippen LogP contribution in [0.3, 0.4) is 0 Å². The zero-order chi connectivity index (χ0) is 13.1. The van der Waals surface area contributed by atoms with E-state index in [1.807, 2.05) is 0 Å². The maximum absolute atomic E-state index is 11.6. The lowest BCUT2D eigenvalue weighted by Gasteiger charge is -2.20. The van der Waals surface area contributed by atoms with Crippen molar-refractivity contribution >= 4 is 23.5 Å². The van der Waals surface area contributed by atoms with Gasteiger partial charge in [0.1, 0.15) is 5.60 Å². The van der Waals surface area contributed by atoms with Crippen LogP contribution in [-0.2, 0) is 4.74 Å². The van der Waals surface area contributed by atoms with Crippen molar-refractivity contribution in [3.63, 3.8) is 0 Å². The molecule has 1 amide bonds. The van der Waals surface area contributed by atoms with Crippen molar-refractivity contribution in [2.45, 2.75) is 26.4 Å². The van der Waals surface area contributed by atoms with Crippen LogP contribution >= 0.6 is 0 Å². The summed E-state index contributed by atoms with van der Waals surface area (Å²) in [5.74, 6) is 0. The second-order valence-corrected chi connectivity index (χ2v) is 4.64. The number of anilines is 2. The first-order valence-electron chi connectivity index (χ1n) is 5.34. The third-order valence-corrected chi connectivity index (χ3v) is 1.98. The largest absolute Gasteiger partial charge is 0.444 e. The van der Waals surface area contributed by atoms with Crippen LogP contribution in [0.2, 0.25) is 0 Å². The van der Waals surface area contributed by atoms with Crippen LogP contribution in [0.4, 0.5) is 16.2 Å². The molecule has 0 atom stereocenters. The molecule has 0 saturated carbocycles. The Hall–Kier alpha value is -1.97. The lowest BCUT2D eigenvalue weighted by atomic mass is 10.1. The summed E-state index contributed by atoms with van der Waals surface area (Å²) in [4.78, 5) is 11.6. The van der Waals surface area contributed by atoms with E-state index in [2.05, 4.69) is 11.9 Å². The van der Waals surface area contributed by atoms with E-state index in [-0.39, 0.29) is 0 Å². The molecule has 0 spiro atoms. The summed E-state index contributed by atoms with van der Waals surface area (Å²) >= 11 is 0. The van der Waals surface area contributed by atoms with Gasteiger partial charge in [-0.3, -0.25) is 5.32 Å². The van der Waals surface area contributed by atoms with Crippen LogP contribution in [0.25, 0.3) is 6.08 Å². The molecule has 0 radical (unpaired) electrons. The van der Waals surface area contributed by atoms with E-state index in [4.69, 9.17) is 10.5 Å². The van der Waals surface area contributed by atoms with E-state index in [1.54, 1.807) is 45.0 Å². The van der Waals surface area contributed by atoms with Gasteiger partial charge < -0.3 is 10.5 Å². The number of nitrogen functional groups attached to an aromatic ring is 1. The first-order chi connectivity index (χ1) is 7.83. The topological polar surface area (TPSA) is 64.3 Å². The molecule has 0 bridgehead atoms. The van der Waals surface area contributed by atoms with Crippen LogP contribution in [0.15, 0.2) is 24.8 Å². The number of amides is 1. The molecule has 0 aliphatic carbocycles. The van der Waals surface area contributed by atoms with Crippen LogP contribution in [-0.4, -0.2) is 11.7 Å². The summed E-state index contributed by atoms with van der Waals surface area (Å²) in [6.45, 7) is 9.08. The van der Waals surface area contributed by atoms with E-state index >= 15 is 0 Å². The number of carbonyl (C=O) groups is 1. The van der Waals surface area contributed by atoms with Gasteiger partial charge in [0.05, 0.1) is 5.69 Å². The van der Waals surface area contributed by atoms with Crippen LogP contribution < -0.4 is 11.1 Å². The zero-order valence-electron chi connectivity index (χ0n) is 10.4. The Bertz CT molecular complexity index is 434. The molecule has 0 saturated heterocycles. The summed E-state index contributed by atoms with van der Waals surface area (Å²) in [5.41, 5.74) is 7.09. The summed E-state index contributed by atoms with van der Waals surface area (Å²) < 4.78 is 5.16. The molecule has 0 aromatic heterocycles. The minimum atomic E-state index is -0.529. The number of hydrogen-bond acceptors (Lipinski definition) is 3. The zero-order valence-corrected chi connectivity index (χ0v) is 10.4. The fourth-order valence-corrected chi connectivity index (χ4v) is 1.33. The van der Waals surface area contributed by atoms with E-state index in [0.29, 0.717) is 16.9 Å². The van der Waals surface area contributed by atoms with Crippen molar-refractivity contribution in [3.05, 3.63) is 30.3 Å². The second-order valence-electron chi connectivity index (χ2n) is 4.64. The van der Waals surface area contributed by atoms with Gasteiger partial charge in [0, 0.05) is 11.3 Å². The smallest absolute Gasteiger partial charge is 0.412 e. The van der Waals surface area contributed by atoms with Crippen molar-refractivity contribution in [1.82, 2.24) is 0 Å². The molecule has 0 fully saturated rings. The third-order valence-electron chi connectivity index (χ3n) is 1.98. The number of hydrogen-bond donors (Lipinski definition) is 2. The second kappa shape index (κ2) is 4.91. The lowest BCUT2D eigenvalue weighted by Crippen LogP contribution is -2.27. The van der Waals surface area contributed by atoms with Gasteiger partial charge in [0.25, 0.3) is 0 Å². The molecule has 0 heterocycles. The minimum absolute atomic E-state index is 0.508. The Balaban J connectivity index is 2.85. The highest BCUT2D eigenvalue weighted by atomic mass is 16.6. The van der Waals surface area contributed by atoms with Gasteiger partial charge in [-0.2, -0.15) is 0 Å². The molecule has 4 heteroatoms. The predicted octanol–water partition coefficient (Wildman–Crippen LogP) is 3.26. The van der Waals surface area contributed by atoms with E-state index in [1.165, 1.54) is 0 Å². The summed E-state index contributed by atoms with van der Waals surface area (Å²) in [6, 6.07) is 5.25. The number of nitrogens with two attached hydrogens (primary N) is 1.